The number of likely N-dealkylation sites (tertiary alicyclic amines) is 1. The summed E-state index contributed by atoms with van der Waals surface area (Å²) in [7, 11) is -3.32. The number of rotatable bonds is 8. The minimum Gasteiger partial charge on any atom is -0.368 e. The molecule has 3 heterocycles. The van der Waals surface area contributed by atoms with Gasteiger partial charge < -0.3 is 15.1 Å². The molecule has 5 rings (SSSR count). The van der Waals surface area contributed by atoms with E-state index in [4.69, 9.17) is 5.26 Å². The molecule has 44 heavy (non-hydrogen) atoms. The maximum absolute atomic E-state index is 13.1. The molecule has 2 saturated heterocycles. The normalized spacial score (nSPS) is 16.5. The van der Waals surface area contributed by atoms with Gasteiger partial charge in [0.15, 0.2) is 9.84 Å². The molecule has 0 bridgehead atoms. The third-order valence-corrected chi connectivity index (χ3v) is 10.5. The van der Waals surface area contributed by atoms with Crippen molar-refractivity contribution in [2.24, 2.45) is 0 Å². The molecule has 1 aromatic heterocycles. The molecule has 0 aliphatic carbocycles. The fraction of sp³-hybridized carbons (Fsp3) is 0.394. The van der Waals surface area contributed by atoms with Crippen LogP contribution < -0.4 is 10.2 Å². The second-order valence-electron chi connectivity index (χ2n) is 11.6. The van der Waals surface area contributed by atoms with Gasteiger partial charge in [-0.15, -0.1) is 0 Å². The number of sulfone groups is 1. The molecule has 0 atom stereocenters. The van der Waals surface area contributed by atoms with Crippen LogP contribution in [0.2, 0.25) is 0 Å². The zero-order valence-electron chi connectivity index (χ0n) is 25.1. The van der Waals surface area contributed by atoms with Crippen molar-refractivity contribution in [1.82, 2.24) is 20.1 Å². The number of carbonyl (C=O) groups is 2. The predicted octanol–water partition coefficient (Wildman–Crippen LogP) is 3.49. The van der Waals surface area contributed by atoms with Crippen molar-refractivity contribution < 1.29 is 18.0 Å². The van der Waals surface area contributed by atoms with Crippen LogP contribution in [0.5, 0.6) is 0 Å². The Hall–Kier alpha value is -4.27. The van der Waals surface area contributed by atoms with E-state index in [-0.39, 0.29) is 23.6 Å². The number of nitriles is 1. The number of nitrogens with one attached hydrogen (secondary N) is 1. The number of amides is 2. The number of carbonyl (C=O) groups excluding carboxylic acids is 2. The topological polar surface area (TPSA) is 127 Å². The van der Waals surface area contributed by atoms with Crippen LogP contribution in [-0.4, -0.2) is 85.6 Å². The van der Waals surface area contributed by atoms with Gasteiger partial charge in [-0.25, -0.2) is 8.42 Å². The number of benzene rings is 2. The van der Waals surface area contributed by atoms with E-state index >= 15 is 0 Å². The highest BCUT2D eigenvalue weighted by atomic mass is 32.2. The monoisotopic (exact) mass is 614 g/mol. The lowest BCUT2D eigenvalue weighted by Gasteiger charge is -2.36. The third-order valence-electron chi connectivity index (χ3n) is 8.37. The molecule has 2 amide bonds. The second-order valence-corrected chi connectivity index (χ2v) is 14.1. The maximum Gasteiger partial charge on any atom is 0.270 e. The number of hydrogen-bond acceptors (Lipinski definition) is 8. The Kier molecular flexibility index (Phi) is 9.61. The quantitative estimate of drug-likeness (QED) is 0.409. The van der Waals surface area contributed by atoms with Crippen LogP contribution in [0.25, 0.3) is 0 Å². The summed E-state index contributed by atoms with van der Waals surface area (Å²) in [6.45, 7) is 8.19. The number of hydrogen-bond donors (Lipinski definition) is 1. The van der Waals surface area contributed by atoms with Crippen molar-refractivity contribution >= 4 is 27.3 Å². The van der Waals surface area contributed by atoms with Gasteiger partial charge in [0, 0.05) is 63.7 Å². The van der Waals surface area contributed by atoms with E-state index in [0.29, 0.717) is 42.2 Å². The van der Waals surface area contributed by atoms with Crippen LogP contribution in [0.15, 0.2) is 71.8 Å². The molecule has 2 fully saturated rings. The lowest BCUT2D eigenvalue weighted by Crippen LogP contribution is -2.48. The molecule has 0 saturated carbocycles. The lowest BCUT2D eigenvalue weighted by molar-refractivity contribution is 0.0745. The van der Waals surface area contributed by atoms with Crippen LogP contribution in [0.4, 0.5) is 5.69 Å². The van der Waals surface area contributed by atoms with Crippen molar-refractivity contribution in [3.8, 4) is 6.07 Å². The molecule has 230 valence electrons. The molecular weight excluding hydrogens is 576 g/mol. The van der Waals surface area contributed by atoms with Gasteiger partial charge in [0.05, 0.1) is 27.3 Å². The molecular formula is C33H38N6O4S. The third kappa shape index (κ3) is 7.26. The van der Waals surface area contributed by atoms with Gasteiger partial charge in [0.1, 0.15) is 5.69 Å². The highest BCUT2D eigenvalue weighted by Gasteiger charge is 2.25. The second kappa shape index (κ2) is 13.6. The summed E-state index contributed by atoms with van der Waals surface area (Å²) in [6.07, 6.45) is 3.15. The fourth-order valence-corrected chi connectivity index (χ4v) is 6.62. The number of pyridine rings is 1. The van der Waals surface area contributed by atoms with Crippen LogP contribution in [0.3, 0.4) is 0 Å². The van der Waals surface area contributed by atoms with Crippen molar-refractivity contribution in [1.29, 1.82) is 5.26 Å². The number of piperazine rings is 1. The Morgan fingerprint density at radius 2 is 1.59 bits per heavy atom. The molecule has 2 aromatic carbocycles. The molecule has 1 N–H and O–H groups in total. The molecule has 11 heteroatoms. The van der Waals surface area contributed by atoms with Crippen LogP contribution in [0.1, 0.15) is 58.7 Å². The van der Waals surface area contributed by atoms with E-state index in [1.54, 1.807) is 43.0 Å². The first-order valence-electron chi connectivity index (χ1n) is 15.0. The van der Waals surface area contributed by atoms with Crippen molar-refractivity contribution in [3.63, 3.8) is 0 Å². The van der Waals surface area contributed by atoms with Gasteiger partial charge >= 0.3 is 0 Å². The van der Waals surface area contributed by atoms with Crippen LogP contribution >= 0.6 is 0 Å². The van der Waals surface area contributed by atoms with Crippen molar-refractivity contribution in [2.75, 3.05) is 44.2 Å². The van der Waals surface area contributed by atoms with E-state index in [2.05, 4.69) is 26.2 Å². The van der Waals surface area contributed by atoms with Gasteiger partial charge in [-0.1, -0.05) is 12.1 Å². The molecule has 3 aromatic rings. The zero-order chi connectivity index (χ0) is 31.3. The lowest BCUT2D eigenvalue weighted by atomic mass is 10.0. The minimum atomic E-state index is -3.32. The van der Waals surface area contributed by atoms with E-state index in [1.807, 2.05) is 36.4 Å². The first-order chi connectivity index (χ1) is 21.1. The Bertz CT molecular complexity index is 1600. The average Bonchev–Trinajstić information content (AvgIpc) is 3.06. The molecule has 0 radical (unpaired) electrons. The van der Waals surface area contributed by atoms with Gasteiger partial charge in [-0.2, -0.15) is 5.26 Å². The van der Waals surface area contributed by atoms with Crippen LogP contribution in [-0.2, 0) is 16.4 Å². The van der Waals surface area contributed by atoms with Crippen molar-refractivity contribution in [2.45, 2.75) is 49.4 Å². The van der Waals surface area contributed by atoms with Gasteiger partial charge in [0.2, 0.25) is 0 Å². The highest BCUT2D eigenvalue weighted by molar-refractivity contribution is 7.92. The summed E-state index contributed by atoms with van der Waals surface area (Å²) >= 11 is 0. The predicted molar refractivity (Wildman–Crippen MR) is 168 cm³/mol. The Morgan fingerprint density at radius 3 is 2.16 bits per heavy atom. The Morgan fingerprint density at radius 1 is 0.932 bits per heavy atom. The molecule has 0 unspecified atom stereocenters. The number of piperidine rings is 1. The number of anilines is 1. The summed E-state index contributed by atoms with van der Waals surface area (Å²) in [5.74, 6) is -0.368. The highest BCUT2D eigenvalue weighted by Crippen LogP contribution is 2.23. The zero-order valence-corrected chi connectivity index (χ0v) is 26.0. The van der Waals surface area contributed by atoms with E-state index in [1.165, 1.54) is 11.8 Å². The van der Waals surface area contributed by atoms with Crippen LogP contribution in [0, 0.1) is 11.3 Å². The smallest absolute Gasteiger partial charge is 0.270 e. The SMILES string of the molecule is CC(C)S(=O)(=O)c1ccc(N2CCN(C(=O)c3ccc(C(=O)NC4CCN(Cc5ccc(C#N)cc5)CC4)nc3)CC2)cc1. The molecule has 0 spiro atoms. The first kappa shape index (κ1) is 31.2. The first-order valence-corrected chi connectivity index (χ1v) is 16.5. The molecule has 2 aliphatic rings. The summed E-state index contributed by atoms with van der Waals surface area (Å²) in [5, 5.41) is 11.6. The Balaban J connectivity index is 1.07. The van der Waals surface area contributed by atoms with Gasteiger partial charge in [0.25, 0.3) is 11.8 Å². The average molecular weight is 615 g/mol. The van der Waals surface area contributed by atoms with E-state index < -0.39 is 15.1 Å². The number of nitrogens with zero attached hydrogens (tertiary/aromatic N) is 5. The standard InChI is InChI=1S/C33H38N6O4S/c1-24(2)44(42,43)30-10-8-29(9-11-30)38-17-19-39(20-18-38)33(41)27-7-12-31(35-22-27)32(40)36-28-13-15-37(16-14-28)23-26-5-3-25(21-34)4-6-26/h3-12,22,24,28H,13-20,23H2,1-2H3,(H,36,40). The van der Waals surface area contributed by atoms with Gasteiger partial charge in [-0.05, 0) is 80.8 Å². The number of aromatic nitrogens is 1. The summed E-state index contributed by atoms with van der Waals surface area (Å²) in [5.41, 5.74) is 3.47. The maximum atomic E-state index is 13.1. The molecule has 10 nitrogen and oxygen atoms in total. The Labute approximate surface area is 259 Å². The fourth-order valence-electron chi connectivity index (χ4n) is 5.56. The van der Waals surface area contributed by atoms with Gasteiger partial charge in [-0.3, -0.25) is 19.5 Å². The van der Waals surface area contributed by atoms with E-state index in [0.717, 1.165) is 38.2 Å². The van der Waals surface area contributed by atoms with Crippen molar-refractivity contribution in [3.05, 3.63) is 89.2 Å². The summed E-state index contributed by atoms with van der Waals surface area (Å²) in [6, 6.07) is 20.0. The largest absolute Gasteiger partial charge is 0.368 e. The van der Waals surface area contributed by atoms with E-state index in [9.17, 15) is 18.0 Å². The summed E-state index contributed by atoms with van der Waals surface area (Å²) in [4.78, 5) is 36.9. The minimum absolute atomic E-state index is 0.0648. The molecule has 2 aliphatic heterocycles. The summed E-state index contributed by atoms with van der Waals surface area (Å²) < 4.78 is 24.8.